The van der Waals surface area contributed by atoms with E-state index >= 15 is 0 Å². The van der Waals surface area contributed by atoms with Crippen LogP contribution in [0.2, 0.25) is 0 Å². The minimum Gasteiger partial charge on any atom is -0.348 e. The van der Waals surface area contributed by atoms with Gasteiger partial charge in [-0.15, -0.1) is 0 Å². The largest absolute Gasteiger partial charge is 0.348 e. The fourth-order valence-corrected chi connectivity index (χ4v) is 2.10. The van der Waals surface area contributed by atoms with E-state index in [1.54, 1.807) is 23.7 Å². The molecule has 0 atom stereocenters. The Labute approximate surface area is 118 Å². The van der Waals surface area contributed by atoms with E-state index in [-0.39, 0.29) is 18.0 Å². The van der Waals surface area contributed by atoms with E-state index < -0.39 is 0 Å². The normalized spacial score (nSPS) is 10.3. The molecule has 2 aromatic rings. The third-order valence-electron chi connectivity index (χ3n) is 3.45. The summed E-state index contributed by atoms with van der Waals surface area (Å²) in [6.07, 6.45) is 0. The fraction of sp³-hybridized carbons (Fsp3) is 0.250. The molecule has 0 aliphatic rings. The minimum atomic E-state index is -0.173. The molecule has 0 unspecified atom stereocenters. The molecule has 104 valence electrons. The number of benzene rings is 1. The van der Waals surface area contributed by atoms with Gasteiger partial charge in [0.15, 0.2) is 0 Å². The first-order chi connectivity index (χ1) is 9.50. The number of amides is 1. The van der Waals surface area contributed by atoms with Crippen molar-refractivity contribution in [1.29, 1.82) is 0 Å². The maximum Gasteiger partial charge on any atom is 0.255 e. The maximum atomic E-state index is 12.2. The molecule has 4 heteroatoms. The van der Waals surface area contributed by atoms with Crippen molar-refractivity contribution in [3.63, 3.8) is 0 Å². The molecular formula is C16H18N2O2. The van der Waals surface area contributed by atoms with Crippen LogP contribution in [0.5, 0.6) is 0 Å². The standard InChI is InChI=1S/C16H18N2O2/c1-11-9-12(2)18(3)16(20)14(11)10-17-15(19)13-7-5-4-6-8-13/h4-9H,10H2,1-3H3,(H,17,19). The third-order valence-corrected chi connectivity index (χ3v) is 3.45. The first kappa shape index (κ1) is 14.1. The van der Waals surface area contributed by atoms with Gasteiger partial charge in [0.25, 0.3) is 11.5 Å². The molecule has 0 bridgehead atoms. The molecule has 1 N–H and O–H groups in total. The monoisotopic (exact) mass is 270 g/mol. The summed E-state index contributed by atoms with van der Waals surface area (Å²) in [6.45, 7) is 4.02. The van der Waals surface area contributed by atoms with Crippen LogP contribution < -0.4 is 10.9 Å². The second-order valence-corrected chi connectivity index (χ2v) is 4.86. The van der Waals surface area contributed by atoms with E-state index in [0.29, 0.717) is 11.1 Å². The Bertz CT molecular complexity index is 688. The van der Waals surface area contributed by atoms with Crippen LogP contribution in [0.1, 0.15) is 27.2 Å². The molecule has 1 aromatic carbocycles. The third kappa shape index (κ3) is 2.79. The molecule has 0 spiro atoms. The second-order valence-electron chi connectivity index (χ2n) is 4.86. The molecule has 1 amide bonds. The lowest BCUT2D eigenvalue weighted by atomic mass is 10.1. The van der Waals surface area contributed by atoms with Gasteiger partial charge in [0.1, 0.15) is 0 Å². The van der Waals surface area contributed by atoms with E-state index in [0.717, 1.165) is 11.3 Å². The number of pyridine rings is 1. The number of carbonyl (C=O) groups is 1. The summed E-state index contributed by atoms with van der Waals surface area (Å²) < 4.78 is 1.59. The number of aromatic nitrogens is 1. The SMILES string of the molecule is Cc1cc(C)n(C)c(=O)c1CNC(=O)c1ccccc1. The highest BCUT2D eigenvalue weighted by Gasteiger charge is 2.10. The molecule has 20 heavy (non-hydrogen) atoms. The van der Waals surface area contributed by atoms with Crippen LogP contribution in [-0.2, 0) is 13.6 Å². The van der Waals surface area contributed by atoms with Crippen molar-refractivity contribution in [2.45, 2.75) is 20.4 Å². The van der Waals surface area contributed by atoms with Crippen molar-refractivity contribution in [2.24, 2.45) is 7.05 Å². The van der Waals surface area contributed by atoms with Crippen LogP contribution in [0.15, 0.2) is 41.2 Å². The zero-order chi connectivity index (χ0) is 14.7. The Balaban J connectivity index is 2.18. The fourth-order valence-electron chi connectivity index (χ4n) is 2.10. The van der Waals surface area contributed by atoms with Gasteiger partial charge in [-0.1, -0.05) is 18.2 Å². The molecule has 0 aliphatic carbocycles. The molecule has 2 rings (SSSR count). The van der Waals surface area contributed by atoms with Gasteiger partial charge in [0.2, 0.25) is 0 Å². The Morgan fingerprint density at radius 3 is 2.50 bits per heavy atom. The highest BCUT2D eigenvalue weighted by molar-refractivity contribution is 5.94. The lowest BCUT2D eigenvalue weighted by Gasteiger charge is -2.11. The summed E-state index contributed by atoms with van der Waals surface area (Å²) in [7, 11) is 1.74. The van der Waals surface area contributed by atoms with Gasteiger partial charge < -0.3 is 9.88 Å². The second kappa shape index (κ2) is 5.74. The van der Waals surface area contributed by atoms with Crippen LogP contribution >= 0.6 is 0 Å². The van der Waals surface area contributed by atoms with Gasteiger partial charge in [-0.05, 0) is 37.6 Å². The predicted molar refractivity (Wildman–Crippen MR) is 78.8 cm³/mol. The van der Waals surface area contributed by atoms with Gasteiger partial charge in [0.05, 0.1) is 0 Å². The van der Waals surface area contributed by atoms with Gasteiger partial charge >= 0.3 is 0 Å². The van der Waals surface area contributed by atoms with Crippen molar-refractivity contribution >= 4 is 5.91 Å². The maximum absolute atomic E-state index is 12.2. The zero-order valence-corrected chi connectivity index (χ0v) is 11.9. The smallest absolute Gasteiger partial charge is 0.255 e. The lowest BCUT2D eigenvalue weighted by molar-refractivity contribution is 0.0950. The van der Waals surface area contributed by atoms with Crippen LogP contribution in [0, 0.1) is 13.8 Å². The van der Waals surface area contributed by atoms with Gasteiger partial charge in [0, 0.05) is 30.4 Å². The molecule has 0 saturated carbocycles. The topological polar surface area (TPSA) is 51.1 Å². The first-order valence-corrected chi connectivity index (χ1v) is 6.50. The summed E-state index contributed by atoms with van der Waals surface area (Å²) in [4.78, 5) is 24.1. The van der Waals surface area contributed by atoms with Crippen molar-refractivity contribution in [3.8, 4) is 0 Å². The van der Waals surface area contributed by atoms with Crippen LogP contribution in [0.25, 0.3) is 0 Å². The predicted octanol–water partition coefficient (Wildman–Crippen LogP) is 1.93. The highest BCUT2D eigenvalue weighted by atomic mass is 16.2. The number of nitrogens with one attached hydrogen (secondary N) is 1. The molecule has 0 fully saturated rings. The van der Waals surface area contributed by atoms with Gasteiger partial charge in [-0.25, -0.2) is 0 Å². The quantitative estimate of drug-likeness (QED) is 0.926. The van der Waals surface area contributed by atoms with E-state index in [4.69, 9.17) is 0 Å². The van der Waals surface area contributed by atoms with E-state index in [9.17, 15) is 9.59 Å². The molecule has 0 radical (unpaired) electrons. The number of carbonyl (C=O) groups excluding carboxylic acids is 1. The number of nitrogens with zero attached hydrogens (tertiary/aromatic N) is 1. The van der Waals surface area contributed by atoms with E-state index in [2.05, 4.69) is 5.32 Å². The summed E-state index contributed by atoms with van der Waals surface area (Å²) >= 11 is 0. The molecule has 1 aromatic heterocycles. The van der Waals surface area contributed by atoms with Crippen LogP contribution in [-0.4, -0.2) is 10.5 Å². The molecule has 1 heterocycles. The average molecular weight is 270 g/mol. The number of rotatable bonds is 3. The Kier molecular flexibility index (Phi) is 4.03. The van der Waals surface area contributed by atoms with Crippen molar-refractivity contribution in [1.82, 2.24) is 9.88 Å². The van der Waals surface area contributed by atoms with Crippen molar-refractivity contribution in [3.05, 3.63) is 69.1 Å². The Morgan fingerprint density at radius 2 is 1.85 bits per heavy atom. The zero-order valence-electron chi connectivity index (χ0n) is 11.9. The van der Waals surface area contributed by atoms with Gasteiger partial charge in [-0.3, -0.25) is 9.59 Å². The minimum absolute atomic E-state index is 0.0594. The molecule has 0 aliphatic heterocycles. The van der Waals surface area contributed by atoms with Crippen molar-refractivity contribution < 1.29 is 4.79 Å². The van der Waals surface area contributed by atoms with E-state index in [1.807, 2.05) is 38.1 Å². The highest BCUT2D eigenvalue weighted by Crippen LogP contribution is 2.06. The number of hydrogen-bond acceptors (Lipinski definition) is 2. The van der Waals surface area contributed by atoms with Crippen LogP contribution in [0.4, 0.5) is 0 Å². The van der Waals surface area contributed by atoms with E-state index in [1.165, 1.54) is 0 Å². The first-order valence-electron chi connectivity index (χ1n) is 6.50. The number of hydrogen-bond donors (Lipinski definition) is 1. The molecule has 0 saturated heterocycles. The summed E-state index contributed by atoms with van der Waals surface area (Å²) in [6, 6.07) is 10.9. The Morgan fingerprint density at radius 1 is 1.20 bits per heavy atom. The van der Waals surface area contributed by atoms with Crippen LogP contribution in [0.3, 0.4) is 0 Å². The summed E-state index contributed by atoms with van der Waals surface area (Å²) in [5.41, 5.74) is 2.97. The Hall–Kier alpha value is -2.36. The number of aryl methyl sites for hydroxylation is 2. The van der Waals surface area contributed by atoms with Crippen molar-refractivity contribution in [2.75, 3.05) is 0 Å². The van der Waals surface area contributed by atoms with Gasteiger partial charge in [-0.2, -0.15) is 0 Å². The lowest BCUT2D eigenvalue weighted by Crippen LogP contribution is -2.30. The molecular weight excluding hydrogens is 252 g/mol. The summed E-state index contributed by atoms with van der Waals surface area (Å²) in [5.74, 6) is -0.173. The molecule has 4 nitrogen and oxygen atoms in total. The average Bonchev–Trinajstić information content (AvgIpc) is 2.45. The summed E-state index contributed by atoms with van der Waals surface area (Å²) in [5, 5.41) is 2.79.